The van der Waals surface area contributed by atoms with Gasteiger partial charge >= 0.3 is 0 Å². The van der Waals surface area contributed by atoms with Crippen LogP contribution in [0.1, 0.15) is 5.56 Å². The smallest absolute Gasteiger partial charge is 0.132 e. The Kier molecular flexibility index (Phi) is 2.56. The fourth-order valence-electron chi connectivity index (χ4n) is 1.25. The van der Waals surface area contributed by atoms with Gasteiger partial charge in [-0.15, -0.1) is 0 Å². The van der Waals surface area contributed by atoms with E-state index in [1.807, 2.05) is 5.38 Å². The van der Waals surface area contributed by atoms with E-state index in [2.05, 4.69) is 4.37 Å². The van der Waals surface area contributed by atoms with E-state index in [-0.39, 0.29) is 5.82 Å². The molecule has 0 saturated carbocycles. The van der Waals surface area contributed by atoms with Crippen LogP contribution < -0.4 is 5.73 Å². The molecule has 1 aromatic carbocycles. The zero-order valence-electron chi connectivity index (χ0n) is 7.40. The number of halogens is 1. The molecule has 0 unspecified atom stereocenters. The van der Waals surface area contributed by atoms with Crippen LogP contribution >= 0.6 is 11.5 Å². The van der Waals surface area contributed by atoms with Gasteiger partial charge in [0.2, 0.25) is 0 Å². The molecule has 14 heavy (non-hydrogen) atoms. The summed E-state index contributed by atoms with van der Waals surface area (Å²) in [5.41, 5.74) is 7.59. The van der Waals surface area contributed by atoms with Crippen LogP contribution in [-0.4, -0.2) is 4.37 Å². The van der Waals surface area contributed by atoms with Gasteiger partial charge in [-0.2, -0.15) is 4.37 Å². The molecule has 0 bridgehead atoms. The summed E-state index contributed by atoms with van der Waals surface area (Å²) in [5.74, 6) is -0.256. The molecule has 0 amide bonds. The first-order valence-corrected chi connectivity index (χ1v) is 5.04. The molecule has 0 saturated heterocycles. The largest absolute Gasteiger partial charge is 0.326 e. The van der Waals surface area contributed by atoms with Crippen molar-refractivity contribution in [2.75, 3.05) is 0 Å². The molecule has 0 aliphatic rings. The average Bonchev–Trinajstić information content (AvgIpc) is 2.71. The van der Waals surface area contributed by atoms with Crippen LogP contribution in [0.25, 0.3) is 11.3 Å². The molecule has 2 nitrogen and oxygen atoms in total. The van der Waals surface area contributed by atoms with Gasteiger partial charge in [0.05, 0.1) is 5.69 Å². The Hall–Kier alpha value is -1.26. The quantitative estimate of drug-likeness (QED) is 0.823. The Labute approximate surface area is 85.4 Å². The lowest BCUT2D eigenvalue weighted by atomic mass is 10.1. The number of nitrogens with zero attached hydrogens (tertiary/aromatic N) is 1. The fraction of sp³-hybridized carbons (Fsp3) is 0.100. The predicted octanol–water partition coefficient (Wildman–Crippen LogP) is 2.41. The minimum atomic E-state index is -0.256. The molecule has 0 spiro atoms. The van der Waals surface area contributed by atoms with Gasteiger partial charge in [-0.1, -0.05) is 6.07 Å². The lowest BCUT2D eigenvalue weighted by Crippen LogP contribution is -1.97. The third-order valence-corrected chi connectivity index (χ3v) is 2.54. The average molecular weight is 208 g/mol. The Morgan fingerprint density at radius 3 is 2.86 bits per heavy atom. The molecule has 72 valence electrons. The highest BCUT2D eigenvalue weighted by Crippen LogP contribution is 2.23. The Morgan fingerprint density at radius 2 is 2.21 bits per heavy atom. The highest BCUT2D eigenvalue weighted by molar-refractivity contribution is 7.03. The van der Waals surface area contributed by atoms with Crippen LogP contribution in [-0.2, 0) is 6.54 Å². The van der Waals surface area contributed by atoms with E-state index < -0.39 is 0 Å². The molecule has 0 aliphatic heterocycles. The lowest BCUT2D eigenvalue weighted by Gasteiger charge is -2.02. The summed E-state index contributed by atoms with van der Waals surface area (Å²) in [6.45, 7) is 0.414. The first-order chi connectivity index (χ1) is 6.81. The molecule has 2 aromatic rings. The van der Waals surface area contributed by atoms with Crippen molar-refractivity contribution in [2.24, 2.45) is 5.73 Å². The van der Waals surface area contributed by atoms with Gasteiger partial charge in [-0.25, -0.2) is 4.39 Å². The van der Waals surface area contributed by atoms with Crippen molar-refractivity contribution in [3.8, 4) is 11.3 Å². The van der Waals surface area contributed by atoms with E-state index in [0.717, 1.165) is 5.56 Å². The topological polar surface area (TPSA) is 38.9 Å². The summed E-state index contributed by atoms with van der Waals surface area (Å²) in [6.07, 6.45) is 0. The van der Waals surface area contributed by atoms with Gasteiger partial charge in [0.15, 0.2) is 0 Å². The van der Waals surface area contributed by atoms with Gasteiger partial charge < -0.3 is 5.73 Å². The molecular weight excluding hydrogens is 199 g/mol. The summed E-state index contributed by atoms with van der Waals surface area (Å²) in [5, 5.41) is 1.82. The van der Waals surface area contributed by atoms with Crippen LogP contribution in [0, 0.1) is 5.82 Å². The van der Waals surface area contributed by atoms with Gasteiger partial charge in [0.25, 0.3) is 0 Å². The molecular formula is C10H9FN2S. The van der Waals surface area contributed by atoms with Crippen LogP contribution in [0.3, 0.4) is 0 Å². The summed E-state index contributed by atoms with van der Waals surface area (Å²) in [6, 6.07) is 6.65. The molecule has 2 N–H and O–H groups in total. The third-order valence-electron chi connectivity index (χ3n) is 1.98. The van der Waals surface area contributed by atoms with Crippen LogP contribution in [0.4, 0.5) is 4.39 Å². The number of hydrogen-bond donors (Lipinski definition) is 1. The molecule has 2 rings (SSSR count). The third kappa shape index (κ3) is 1.66. The van der Waals surface area contributed by atoms with Gasteiger partial charge in [0.1, 0.15) is 5.82 Å². The van der Waals surface area contributed by atoms with E-state index in [9.17, 15) is 4.39 Å². The SMILES string of the molecule is NCc1ccc(F)c(-c2ccsn2)c1. The lowest BCUT2D eigenvalue weighted by molar-refractivity contribution is 0.630. The number of aromatic nitrogens is 1. The normalized spacial score (nSPS) is 10.4. The monoisotopic (exact) mass is 208 g/mol. The van der Waals surface area contributed by atoms with Crippen molar-refractivity contribution < 1.29 is 4.39 Å². The standard InChI is InChI=1S/C10H9FN2S/c11-9-2-1-7(6-12)5-8(9)10-3-4-14-13-10/h1-5H,6,12H2. The van der Waals surface area contributed by atoms with Crippen molar-refractivity contribution >= 4 is 11.5 Å². The van der Waals surface area contributed by atoms with Gasteiger partial charge in [0, 0.05) is 17.5 Å². The van der Waals surface area contributed by atoms with Crippen LogP contribution in [0.2, 0.25) is 0 Å². The Morgan fingerprint density at radius 1 is 1.36 bits per heavy atom. The van der Waals surface area contributed by atoms with E-state index in [0.29, 0.717) is 17.8 Å². The molecule has 1 heterocycles. The second-order valence-corrected chi connectivity index (χ2v) is 3.57. The van der Waals surface area contributed by atoms with Crippen molar-refractivity contribution in [1.82, 2.24) is 4.37 Å². The molecule has 0 atom stereocenters. The predicted molar refractivity (Wildman–Crippen MR) is 55.4 cm³/mol. The van der Waals surface area contributed by atoms with Crippen molar-refractivity contribution in [3.05, 3.63) is 41.0 Å². The van der Waals surface area contributed by atoms with Crippen LogP contribution in [0.15, 0.2) is 29.6 Å². The summed E-state index contributed by atoms with van der Waals surface area (Å²) in [7, 11) is 0. The first-order valence-electron chi connectivity index (χ1n) is 4.20. The summed E-state index contributed by atoms with van der Waals surface area (Å²) >= 11 is 1.31. The molecule has 0 radical (unpaired) electrons. The zero-order chi connectivity index (χ0) is 9.97. The fourth-order valence-corrected chi connectivity index (χ4v) is 1.77. The van der Waals surface area contributed by atoms with Gasteiger partial charge in [-0.3, -0.25) is 0 Å². The number of nitrogens with two attached hydrogens (primary N) is 1. The first kappa shape index (κ1) is 9.30. The molecule has 1 aromatic heterocycles. The summed E-state index contributed by atoms with van der Waals surface area (Å²) < 4.78 is 17.5. The Balaban J connectivity index is 2.51. The van der Waals surface area contributed by atoms with Crippen molar-refractivity contribution in [3.63, 3.8) is 0 Å². The van der Waals surface area contributed by atoms with Gasteiger partial charge in [-0.05, 0) is 35.3 Å². The second-order valence-electron chi connectivity index (χ2n) is 2.90. The van der Waals surface area contributed by atoms with Crippen molar-refractivity contribution in [1.29, 1.82) is 0 Å². The second kappa shape index (κ2) is 3.86. The van der Waals surface area contributed by atoms with E-state index in [1.54, 1.807) is 18.2 Å². The molecule has 4 heteroatoms. The van der Waals surface area contributed by atoms with E-state index in [1.165, 1.54) is 17.6 Å². The maximum Gasteiger partial charge on any atom is 0.132 e. The maximum atomic E-state index is 13.4. The number of hydrogen-bond acceptors (Lipinski definition) is 3. The minimum absolute atomic E-state index is 0.256. The highest BCUT2D eigenvalue weighted by atomic mass is 32.1. The maximum absolute atomic E-state index is 13.4. The number of benzene rings is 1. The molecule has 0 aliphatic carbocycles. The van der Waals surface area contributed by atoms with E-state index in [4.69, 9.17) is 5.73 Å². The highest BCUT2D eigenvalue weighted by Gasteiger charge is 2.07. The van der Waals surface area contributed by atoms with E-state index >= 15 is 0 Å². The van der Waals surface area contributed by atoms with Crippen LogP contribution in [0.5, 0.6) is 0 Å². The minimum Gasteiger partial charge on any atom is -0.326 e. The zero-order valence-corrected chi connectivity index (χ0v) is 8.22. The van der Waals surface area contributed by atoms with Crippen molar-refractivity contribution in [2.45, 2.75) is 6.54 Å². The molecule has 0 fully saturated rings. The Bertz CT molecular complexity index is 426. The summed E-state index contributed by atoms with van der Waals surface area (Å²) in [4.78, 5) is 0. The number of rotatable bonds is 2.